The Bertz CT molecular complexity index is 1360. The molecule has 1 unspecified atom stereocenters. The van der Waals surface area contributed by atoms with E-state index in [4.69, 9.17) is 18.9 Å². The monoisotopic (exact) mass is 566 g/mol. The highest BCUT2D eigenvalue weighted by Gasteiger charge is 2.48. The number of ether oxygens (including phenoxy) is 4. The van der Waals surface area contributed by atoms with E-state index in [1.165, 1.54) is 0 Å². The van der Waals surface area contributed by atoms with Crippen LogP contribution in [0, 0.1) is 5.92 Å². The maximum Gasteiger partial charge on any atom is 0.118 e. The highest BCUT2D eigenvalue weighted by molar-refractivity contribution is 5.37. The number of methoxy groups -OCH3 is 1. The van der Waals surface area contributed by atoms with Crippen LogP contribution < -0.4 is 4.74 Å². The van der Waals surface area contributed by atoms with Gasteiger partial charge in [0, 0.05) is 5.92 Å². The van der Waals surface area contributed by atoms with Gasteiger partial charge in [-0.25, -0.2) is 0 Å². The largest absolute Gasteiger partial charge is 0.497 e. The first-order valence-corrected chi connectivity index (χ1v) is 14.9. The summed E-state index contributed by atoms with van der Waals surface area (Å²) in [6.07, 6.45) is -0.819. The van der Waals surface area contributed by atoms with Gasteiger partial charge < -0.3 is 24.1 Å². The zero-order chi connectivity index (χ0) is 29.3. The Labute approximate surface area is 250 Å². The molecule has 0 radical (unpaired) electrons. The van der Waals surface area contributed by atoms with Crippen molar-refractivity contribution in [1.82, 2.24) is 0 Å². The van der Waals surface area contributed by atoms with Gasteiger partial charge in [0.15, 0.2) is 0 Å². The van der Waals surface area contributed by atoms with Gasteiger partial charge in [-0.2, -0.15) is 0 Å². The molecule has 4 aromatic carbocycles. The molecule has 5 nitrogen and oxygen atoms in total. The highest BCUT2D eigenvalue weighted by Crippen LogP contribution is 2.39. The third kappa shape index (κ3) is 7.29. The van der Waals surface area contributed by atoms with E-state index in [0.717, 1.165) is 40.0 Å². The number of aliphatic hydroxyl groups excluding tert-OH is 1. The van der Waals surface area contributed by atoms with Gasteiger partial charge in [0.05, 0.1) is 32.5 Å². The summed E-state index contributed by atoms with van der Waals surface area (Å²) in [4.78, 5) is 0. The van der Waals surface area contributed by atoms with Crippen LogP contribution in [0.5, 0.6) is 5.75 Å². The number of aliphatic hydroxyl groups is 1. The number of hydrogen-bond donors (Lipinski definition) is 1. The number of hydrogen-bond acceptors (Lipinski definition) is 5. The molecule has 42 heavy (non-hydrogen) atoms. The Kier molecular flexibility index (Phi) is 10.4. The third-order valence-corrected chi connectivity index (χ3v) is 8.30. The predicted octanol–water partition coefficient (Wildman–Crippen LogP) is 7.30. The summed E-state index contributed by atoms with van der Waals surface area (Å²) in [7, 11) is 1.67. The Morgan fingerprint density at radius 2 is 1.29 bits per heavy atom. The van der Waals surface area contributed by atoms with Gasteiger partial charge in [0.25, 0.3) is 0 Å². The van der Waals surface area contributed by atoms with E-state index in [-0.39, 0.29) is 18.1 Å². The summed E-state index contributed by atoms with van der Waals surface area (Å²) < 4.78 is 25.3. The minimum absolute atomic E-state index is 0.0734. The Morgan fingerprint density at radius 3 is 1.88 bits per heavy atom. The van der Waals surface area contributed by atoms with Crippen molar-refractivity contribution >= 4 is 0 Å². The van der Waals surface area contributed by atoms with Gasteiger partial charge in [0.2, 0.25) is 0 Å². The zero-order valence-electron chi connectivity index (χ0n) is 24.8. The Hall–Kier alpha value is -3.48. The molecule has 6 atom stereocenters. The lowest BCUT2D eigenvalue weighted by molar-refractivity contribution is -0.253. The third-order valence-electron chi connectivity index (χ3n) is 8.30. The minimum atomic E-state index is -0.899. The van der Waals surface area contributed by atoms with E-state index >= 15 is 0 Å². The van der Waals surface area contributed by atoms with Crippen LogP contribution in [-0.2, 0) is 33.8 Å². The molecule has 5 rings (SSSR count). The van der Waals surface area contributed by atoms with E-state index in [1.54, 1.807) is 7.11 Å². The topological polar surface area (TPSA) is 57.2 Å². The molecular formula is C37H42O5. The average Bonchev–Trinajstić information content (AvgIpc) is 3.04. The van der Waals surface area contributed by atoms with Crippen molar-refractivity contribution in [1.29, 1.82) is 0 Å². The lowest BCUT2D eigenvalue weighted by Gasteiger charge is -2.47. The molecule has 1 saturated heterocycles. The van der Waals surface area contributed by atoms with Crippen LogP contribution in [0.3, 0.4) is 0 Å². The van der Waals surface area contributed by atoms with Gasteiger partial charge in [-0.1, -0.05) is 111 Å². The fraction of sp³-hybridized carbons (Fsp3) is 0.351. The molecule has 0 bridgehead atoms. The molecule has 0 saturated carbocycles. The van der Waals surface area contributed by atoms with Gasteiger partial charge in [-0.15, -0.1) is 0 Å². The minimum Gasteiger partial charge on any atom is -0.497 e. The summed E-state index contributed by atoms with van der Waals surface area (Å²) in [6.45, 7) is 5.17. The van der Waals surface area contributed by atoms with Crippen LogP contribution in [0.15, 0.2) is 109 Å². The number of benzene rings is 4. The Balaban J connectivity index is 1.45. The summed E-state index contributed by atoms with van der Waals surface area (Å²) in [5.74, 6) is 0.903. The fourth-order valence-electron chi connectivity index (χ4n) is 5.92. The molecule has 1 aliphatic rings. The Morgan fingerprint density at radius 1 is 0.714 bits per heavy atom. The molecule has 1 N–H and O–H groups in total. The zero-order valence-corrected chi connectivity index (χ0v) is 24.8. The smallest absolute Gasteiger partial charge is 0.118 e. The summed E-state index contributed by atoms with van der Waals surface area (Å²) in [5.41, 5.74) is 5.21. The quantitative estimate of drug-likeness (QED) is 0.195. The predicted molar refractivity (Wildman–Crippen MR) is 165 cm³/mol. The lowest BCUT2D eigenvalue weighted by Crippen LogP contribution is -2.57. The first-order chi connectivity index (χ1) is 20.6. The van der Waals surface area contributed by atoms with Crippen LogP contribution in [0.25, 0.3) is 0 Å². The molecule has 1 heterocycles. The van der Waals surface area contributed by atoms with Crippen molar-refractivity contribution in [2.24, 2.45) is 5.92 Å². The molecule has 4 aromatic rings. The van der Waals surface area contributed by atoms with Gasteiger partial charge in [-0.3, -0.25) is 0 Å². The molecule has 0 spiro atoms. The second-order valence-corrected chi connectivity index (χ2v) is 11.1. The van der Waals surface area contributed by atoms with E-state index in [0.29, 0.717) is 19.6 Å². The molecular weight excluding hydrogens is 524 g/mol. The van der Waals surface area contributed by atoms with Crippen molar-refractivity contribution < 1.29 is 24.1 Å². The second-order valence-electron chi connectivity index (χ2n) is 11.1. The maximum absolute atomic E-state index is 12.1. The van der Waals surface area contributed by atoms with Crippen LogP contribution >= 0.6 is 0 Å². The highest BCUT2D eigenvalue weighted by atomic mass is 16.6. The normalized spacial score (nSPS) is 22.9. The van der Waals surface area contributed by atoms with Crippen molar-refractivity contribution in [2.45, 2.75) is 70.4 Å². The summed E-state index contributed by atoms with van der Waals surface area (Å²) in [5, 5.41) is 12.1. The van der Waals surface area contributed by atoms with Crippen LogP contribution in [0.1, 0.15) is 54.2 Å². The van der Waals surface area contributed by atoms with Crippen molar-refractivity contribution in [3.8, 4) is 5.75 Å². The average molecular weight is 567 g/mol. The van der Waals surface area contributed by atoms with E-state index in [2.05, 4.69) is 56.3 Å². The first kappa shape index (κ1) is 30.0. The standard InChI is InChI=1S/C37H42O5/c1-4-33-26(2)35(40-24-28-13-7-5-8-14-28)37(41-25-29-15-9-6-10-16-29)36(42-33)34(38)32-18-12-11-17-30(32)23-27-19-21-31(39-3)22-20-27/h5-22,26,33-38H,4,23-25H2,1-3H3/t26-,33-,34?,35+,36+,37-/m1/s1. The van der Waals surface area contributed by atoms with Crippen LogP contribution in [0.4, 0.5) is 0 Å². The van der Waals surface area contributed by atoms with E-state index < -0.39 is 18.3 Å². The lowest BCUT2D eigenvalue weighted by atomic mass is 9.82. The van der Waals surface area contributed by atoms with Crippen LogP contribution in [-0.4, -0.2) is 36.6 Å². The summed E-state index contributed by atoms with van der Waals surface area (Å²) in [6, 6.07) is 36.5. The van der Waals surface area contributed by atoms with Gasteiger partial charge in [0.1, 0.15) is 24.1 Å². The molecule has 1 fully saturated rings. The first-order valence-electron chi connectivity index (χ1n) is 14.9. The second kappa shape index (κ2) is 14.6. The molecule has 5 heteroatoms. The van der Waals surface area contributed by atoms with Crippen molar-refractivity contribution in [3.05, 3.63) is 137 Å². The van der Waals surface area contributed by atoms with Crippen molar-refractivity contribution in [3.63, 3.8) is 0 Å². The van der Waals surface area contributed by atoms with Gasteiger partial charge in [-0.05, 0) is 52.8 Å². The van der Waals surface area contributed by atoms with E-state index in [9.17, 15) is 5.11 Å². The molecule has 1 aliphatic heterocycles. The molecule has 0 aliphatic carbocycles. The van der Waals surface area contributed by atoms with E-state index in [1.807, 2.05) is 66.7 Å². The van der Waals surface area contributed by atoms with Crippen LogP contribution in [0.2, 0.25) is 0 Å². The maximum atomic E-state index is 12.1. The summed E-state index contributed by atoms with van der Waals surface area (Å²) >= 11 is 0. The molecule has 0 aromatic heterocycles. The number of rotatable bonds is 12. The molecule has 0 amide bonds. The SMILES string of the molecule is CC[C@H]1O[C@@H](C(O)c2ccccc2Cc2ccc(OC)cc2)[C@H](OCc2ccccc2)[C@@H](OCc2ccccc2)[C@@H]1C. The molecule has 220 valence electrons. The van der Waals surface area contributed by atoms with Crippen molar-refractivity contribution in [2.75, 3.05) is 7.11 Å². The fourth-order valence-corrected chi connectivity index (χ4v) is 5.92. The van der Waals surface area contributed by atoms with Gasteiger partial charge >= 0.3 is 0 Å².